The van der Waals surface area contributed by atoms with Crippen LogP contribution in [0.15, 0.2) is 18.2 Å². The van der Waals surface area contributed by atoms with Gasteiger partial charge >= 0.3 is 5.97 Å². The first-order valence-corrected chi connectivity index (χ1v) is 5.13. The van der Waals surface area contributed by atoms with Gasteiger partial charge in [-0.2, -0.15) is 0 Å². The maximum atomic E-state index is 11.1. The van der Waals surface area contributed by atoms with Crippen LogP contribution in [-0.2, 0) is 9.53 Å². The second-order valence-corrected chi connectivity index (χ2v) is 3.12. The first-order valence-electron chi connectivity index (χ1n) is 5.13. The van der Waals surface area contributed by atoms with Crippen molar-refractivity contribution in [2.75, 3.05) is 20.3 Å². The van der Waals surface area contributed by atoms with Gasteiger partial charge in [-0.25, -0.2) is 4.79 Å². The van der Waals surface area contributed by atoms with Crippen LogP contribution in [0.4, 0.5) is 0 Å². The zero-order chi connectivity index (χ0) is 12.7. The van der Waals surface area contributed by atoms with Gasteiger partial charge in [-0.15, -0.1) is 0 Å². The highest BCUT2D eigenvalue weighted by Crippen LogP contribution is 2.23. The number of aldehydes is 1. The normalized spacial score (nSPS) is 9.53. The van der Waals surface area contributed by atoms with E-state index in [2.05, 4.69) is 0 Å². The SMILES string of the molecule is CCOC(=O)COc1cc(OC)ccc1C=O. The number of hydrogen-bond donors (Lipinski definition) is 0. The minimum atomic E-state index is -0.479. The van der Waals surface area contributed by atoms with Gasteiger partial charge in [0.2, 0.25) is 0 Å². The van der Waals surface area contributed by atoms with E-state index in [1.54, 1.807) is 25.1 Å². The molecule has 0 fully saturated rings. The molecule has 5 nitrogen and oxygen atoms in total. The lowest BCUT2D eigenvalue weighted by atomic mass is 10.2. The average molecular weight is 238 g/mol. The summed E-state index contributed by atoms with van der Waals surface area (Å²) in [7, 11) is 1.51. The summed E-state index contributed by atoms with van der Waals surface area (Å²) in [4.78, 5) is 21.9. The number of carbonyl (C=O) groups is 2. The van der Waals surface area contributed by atoms with E-state index in [-0.39, 0.29) is 6.61 Å². The van der Waals surface area contributed by atoms with Crippen LogP contribution in [0, 0.1) is 0 Å². The fourth-order valence-corrected chi connectivity index (χ4v) is 1.20. The molecular weight excluding hydrogens is 224 g/mol. The summed E-state index contributed by atoms with van der Waals surface area (Å²) in [6.45, 7) is 1.77. The lowest BCUT2D eigenvalue weighted by molar-refractivity contribution is -0.145. The van der Waals surface area contributed by atoms with Gasteiger partial charge in [0.1, 0.15) is 11.5 Å². The molecule has 0 saturated heterocycles. The van der Waals surface area contributed by atoms with Crippen molar-refractivity contribution in [3.8, 4) is 11.5 Å². The molecule has 0 spiro atoms. The minimum absolute atomic E-state index is 0.234. The van der Waals surface area contributed by atoms with Crippen molar-refractivity contribution in [3.63, 3.8) is 0 Å². The van der Waals surface area contributed by atoms with Crippen LogP contribution < -0.4 is 9.47 Å². The molecule has 0 aromatic heterocycles. The third kappa shape index (κ3) is 3.79. The largest absolute Gasteiger partial charge is 0.497 e. The predicted octanol–water partition coefficient (Wildman–Crippen LogP) is 1.45. The smallest absolute Gasteiger partial charge is 0.344 e. The second-order valence-electron chi connectivity index (χ2n) is 3.12. The van der Waals surface area contributed by atoms with Crippen molar-refractivity contribution in [2.45, 2.75) is 6.92 Å². The Morgan fingerprint density at radius 1 is 1.41 bits per heavy atom. The molecule has 0 aliphatic heterocycles. The Bertz CT molecular complexity index is 400. The summed E-state index contributed by atoms with van der Waals surface area (Å²) < 4.78 is 14.9. The van der Waals surface area contributed by atoms with Crippen molar-refractivity contribution < 1.29 is 23.8 Å². The van der Waals surface area contributed by atoms with E-state index >= 15 is 0 Å². The number of benzene rings is 1. The van der Waals surface area contributed by atoms with E-state index in [1.807, 2.05) is 0 Å². The third-order valence-corrected chi connectivity index (χ3v) is 2.00. The molecule has 1 aromatic rings. The molecule has 0 saturated carbocycles. The highest BCUT2D eigenvalue weighted by molar-refractivity contribution is 5.80. The van der Waals surface area contributed by atoms with Crippen molar-refractivity contribution in [2.24, 2.45) is 0 Å². The van der Waals surface area contributed by atoms with E-state index in [4.69, 9.17) is 14.2 Å². The summed E-state index contributed by atoms with van der Waals surface area (Å²) in [6, 6.07) is 4.75. The van der Waals surface area contributed by atoms with Crippen LogP contribution in [-0.4, -0.2) is 32.6 Å². The van der Waals surface area contributed by atoms with Gasteiger partial charge in [0.25, 0.3) is 0 Å². The number of methoxy groups -OCH3 is 1. The number of esters is 1. The lowest BCUT2D eigenvalue weighted by Gasteiger charge is -2.09. The summed E-state index contributed by atoms with van der Waals surface area (Å²) in [5.74, 6) is 0.369. The predicted molar refractivity (Wildman–Crippen MR) is 60.5 cm³/mol. The molecule has 5 heteroatoms. The summed E-state index contributed by atoms with van der Waals surface area (Å²) in [5, 5.41) is 0. The Labute approximate surface area is 99.3 Å². The first kappa shape index (κ1) is 13.0. The van der Waals surface area contributed by atoms with E-state index < -0.39 is 5.97 Å². The van der Waals surface area contributed by atoms with Crippen molar-refractivity contribution in [1.29, 1.82) is 0 Å². The summed E-state index contributed by atoms with van der Waals surface area (Å²) >= 11 is 0. The van der Waals surface area contributed by atoms with Gasteiger partial charge in [-0.3, -0.25) is 4.79 Å². The van der Waals surface area contributed by atoms with Gasteiger partial charge in [-0.1, -0.05) is 0 Å². The number of hydrogen-bond acceptors (Lipinski definition) is 5. The van der Waals surface area contributed by atoms with Gasteiger partial charge < -0.3 is 14.2 Å². The highest BCUT2D eigenvalue weighted by atomic mass is 16.6. The average Bonchev–Trinajstić information content (AvgIpc) is 2.36. The summed E-state index contributed by atoms with van der Waals surface area (Å²) in [5.41, 5.74) is 0.357. The molecule has 0 N–H and O–H groups in total. The van der Waals surface area contributed by atoms with Gasteiger partial charge in [0.05, 0.1) is 19.3 Å². The van der Waals surface area contributed by atoms with Crippen molar-refractivity contribution in [1.82, 2.24) is 0 Å². The Balaban J connectivity index is 2.74. The Hall–Kier alpha value is -2.04. The maximum absolute atomic E-state index is 11.1. The Morgan fingerprint density at radius 2 is 2.18 bits per heavy atom. The van der Waals surface area contributed by atoms with Crippen LogP contribution in [0.5, 0.6) is 11.5 Å². The summed E-state index contributed by atoms with van der Waals surface area (Å²) in [6.07, 6.45) is 0.653. The maximum Gasteiger partial charge on any atom is 0.344 e. The van der Waals surface area contributed by atoms with Crippen molar-refractivity contribution in [3.05, 3.63) is 23.8 Å². The monoisotopic (exact) mass is 238 g/mol. The molecule has 1 rings (SSSR count). The molecule has 0 radical (unpaired) electrons. The minimum Gasteiger partial charge on any atom is -0.497 e. The van der Waals surface area contributed by atoms with Gasteiger partial charge in [0, 0.05) is 6.07 Å². The highest BCUT2D eigenvalue weighted by Gasteiger charge is 2.08. The zero-order valence-corrected chi connectivity index (χ0v) is 9.76. The van der Waals surface area contributed by atoms with E-state index in [0.717, 1.165) is 0 Å². The topological polar surface area (TPSA) is 61.8 Å². The van der Waals surface area contributed by atoms with Crippen LogP contribution in [0.2, 0.25) is 0 Å². The lowest BCUT2D eigenvalue weighted by Crippen LogP contribution is -2.15. The fourth-order valence-electron chi connectivity index (χ4n) is 1.20. The molecule has 0 bridgehead atoms. The van der Waals surface area contributed by atoms with E-state index in [9.17, 15) is 9.59 Å². The first-order chi connectivity index (χ1) is 8.21. The van der Waals surface area contributed by atoms with Crippen LogP contribution >= 0.6 is 0 Å². The van der Waals surface area contributed by atoms with Gasteiger partial charge in [0.15, 0.2) is 12.9 Å². The Kier molecular flexibility index (Phi) is 5.00. The Morgan fingerprint density at radius 3 is 2.76 bits per heavy atom. The van der Waals surface area contributed by atoms with Crippen LogP contribution in [0.25, 0.3) is 0 Å². The van der Waals surface area contributed by atoms with Gasteiger partial charge in [-0.05, 0) is 19.1 Å². The molecule has 17 heavy (non-hydrogen) atoms. The molecule has 92 valence electrons. The third-order valence-electron chi connectivity index (χ3n) is 2.00. The molecule has 0 amide bonds. The zero-order valence-electron chi connectivity index (χ0n) is 9.76. The molecule has 0 aliphatic rings. The fraction of sp³-hybridized carbons (Fsp3) is 0.333. The van der Waals surface area contributed by atoms with Crippen LogP contribution in [0.3, 0.4) is 0 Å². The molecule has 0 atom stereocenters. The standard InChI is InChI=1S/C12H14O5/c1-3-16-12(14)8-17-11-6-10(15-2)5-4-9(11)7-13/h4-7H,3,8H2,1-2H3. The second kappa shape index (κ2) is 6.52. The quantitative estimate of drug-likeness (QED) is 0.554. The molecule has 0 aliphatic carbocycles. The number of rotatable bonds is 6. The van der Waals surface area contributed by atoms with E-state index in [1.165, 1.54) is 7.11 Å². The number of carbonyl (C=O) groups excluding carboxylic acids is 2. The molecule has 0 unspecified atom stereocenters. The molecule has 1 aromatic carbocycles. The molecular formula is C12H14O5. The van der Waals surface area contributed by atoms with Crippen molar-refractivity contribution >= 4 is 12.3 Å². The molecule has 0 heterocycles. The number of ether oxygens (including phenoxy) is 3. The van der Waals surface area contributed by atoms with E-state index in [0.29, 0.717) is 30.0 Å². The van der Waals surface area contributed by atoms with Crippen LogP contribution in [0.1, 0.15) is 17.3 Å².